The quantitative estimate of drug-likeness (QED) is 0.365. The van der Waals surface area contributed by atoms with E-state index in [1.54, 1.807) is 7.11 Å². The maximum atomic E-state index is 5.32. The molecule has 1 heterocycles. The van der Waals surface area contributed by atoms with Gasteiger partial charge in [0.15, 0.2) is 11.8 Å². The maximum absolute atomic E-state index is 5.32. The van der Waals surface area contributed by atoms with Crippen LogP contribution in [0.1, 0.15) is 25.0 Å². The molecule has 8 nitrogen and oxygen atoms in total. The van der Waals surface area contributed by atoms with Crippen molar-refractivity contribution in [2.24, 2.45) is 12.0 Å². The van der Waals surface area contributed by atoms with Crippen LogP contribution >= 0.6 is 0 Å². The fourth-order valence-electron chi connectivity index (χ4n) is 1.72. The van der Waals surface area contributed by atoms with Crippen molar-refractivity contribution >= 4 is 5.96 Å². The summed E-state index contributed by atoms with van der Waals surface area (Å²) in [4.78, 5) is 4.54. The summed E-state index contributed by atoms with van der Waals surface area (Å²) in [5.41, 5.74) is 0. The zero-order chi connectivity index (χ0) is 16.2. The van der Waals surface area contributed by atoms with Gasteiger partial charge in [-0.05, 0) is 20.3 Å². The number of methoxy groups -OCH3 is 1. The van der Waals surface area contributed by atoms with Crippen molar-refractivity contribution in [1.29, 1.82) is 0 Å². The minimum Gasteiger partial charge on any atom is -0.385 e. The Morgan fingerprint density at radius 2 is 2.00 bits per heavy atom. The Morgan fingerprint density at radius 1 is 1.23 bits per heavy atom. The number of nitrogens with one attached hydrogen (secondary N) is 2. The van der Waals surface area contributed by atoms with Gasteiger partial charge in [-0.3, -0.25) is 0 Å². The summed E-state index contributed by atoms with van der Waals surface area (Å²) in [5, 5.41) is 14.7. The van der Waals surface area contributed by atoms with E-state index in [-0.39, 0.29) is 0 Å². The highest BCUT2D eigenvalue weighted by Crippen LogP contribution is 1.98. The zero-order valence-corrected chi connectivity index (χ0v) is 14.1. The zero-order valence-electron chi connectivity index (χ0n) is 14.1. The summed E-state index contributed by atoms with van der Waals surface area (Å²) >= 11 is 0. The largest absolute Gasteiger partial charge is 0.385 e. The lowest BCUT2D eigenvalue weighted by Gasteiger charge is -2.12. The van der Waals surface area contributed by atoms with Crippen LogP contribution in [-0.2, 0) is 23.1 Å². The number of aromatic nitrogens is 3. The minimum absolute atomic E-state index is 0.478. The number of hydrogen-bond donors (Lipinski definition) is 2. The molecule has 8 heteroatoms. The maximum Gasteiger partial charge on any atom is 0.191 e. The fraction of sp³-hybridized carbons (Fsp3) is 0.786. The summed E-state index contributed by atoms with van der Waals surface area (Å²) in [7, 11) is 3.64. The Morgan fingerprint density at radius 3 is 2.64 bits per heavy atom. The summed E-state index contributed by atoms with van der Waals surface area (Å²) in [6.45, 7) is 7.98. The van der Waals surface area contributed by atoms with Crippen LogP contribution in [0, 0.1) is 6.92 Å². The molecule has 22 heavy (non-hydrogen) atoms. The van der Waals surface area contributed by atoms with Crippen LogP contribution in [0.4, 0.5) is 0 Å². The lowest BCUT2D eigenvalue weighted by Crippen LogP contribution is -2.39. The van der Waals surface area contributed by atoms with Crippen LogP contribution in [-0.4, -0.2) is 60.7 Å². The number of ether oxygens (including phenoxy) is 2. The summed E-state index contributed by atoms with van der Waals surface area (Å²) in [6, 6.07) is 0. The van der Waals surface area contributed by atoms with Crippen molar-refractivity contribution in [2.75, 3.05) is 40.0 Å². The first-order chi connectivity index (χ1) is 10.7. The van der Waals surface area contributed by atoms with Gasteiger partial charge in [0, 0.05) is 40.5 Å². The molecule has 0 aromatic carbocycles. The summed E-state index contributed by atoms with van der Waals surface area (Å²) < 4.78 is 12.3. The molecule has 1 aromatic rings. The number of nitrogens with zero attached hydrogens (tertiary/aromatic N) is 4. The Hall–Kier alpha value is -1.67. The Balaban J connectivity index is 2.50. The number of hydrogen-bond acceptors (Lipinski definition) is 5. The second-order valence-corrected chi connectivity index (χ2v) is 4.78. The van der Waals surface area contributed by atoms with E-state index in [9.17, 15) is 0 Å². The van der Waals surface area contributed by atoms with Crippen LogP contribution in [0.25, 0.3) is 0 Å². The molecule has 126 valence electrons. The van der Waals surface area contributed by atoms with Gasteiger partial charge in [-0.25, -0.2) is 4.99 Å². The van der Waals surface area contributed by atoms with Gasteiger partial charge in [0.25, 0.3) is 0 Å². The van der Waals surface area contributed by atoms with Gasteiger partial charge in [0.05, 0.1) is 6.61 Å². The molecular formula is C14H28N6O2. The topological polar surface area (TPSA) is 85.6 Å². The standard InChI is InChI=1S/C14H28N6O2/c1-5-22-10-8-16-14(15-7-6-9-21-4)17-11-13-19-18-12(2)20(13)3/h5-11H2,1-4H3,(H2,15,16,17). The van der Waals surface area contributed by atoms with Gasteiger partial charge < -0.3 is 24.7 Å². The number of guanidine groups is 1. The molecular weight excluding hydrogens is 284 g/mol. The molecule has 0 fully saturated rings. The second-order valence-electron chi connectivity index (χ2n) is 4.78. The average molecular weight is 312 g/mol. The first-order valence-corrected chi connectivity index (χ1v) is 7.62. The highest BCUT2D eigenvalue weighted by Gasteiger charge is 2.05. The van der Waals surface area contributed by atoms with E-state index in [1.165, 1.54) is 0 Å². The predicted molar refractivity (Wildman–Crippen MR) is 85.9 cm³/mol. The molecule has 1 rings (SSSR count). The molecule has 0 spiro atoms. The molecule has 0 amide bonds. The summed E-state index contributed by atoms with van der Waals surface area (Å²) in [5.74, 6) is 2.46. The second kappa shape index (κ2) is 11.0. The number of rotatable bonds is 10. The van der Waals surface area contributed by atoms with E-state index in [0.29, 0.717) is 26.3 Å². The molecule has 0 radical (unpaired) electrons. The van der Waals surface area contributed by atoms with Gasteiger partial charge in [-0.1, -0.05) is 0 Å². The van der Waals surface area contributed by atoms with Crippen molar-refractivity contribution in [3.8, 4) is 0 Å². The van der Waals surface area contributed by atoms with E-state index in [2.05, 4.69) is 25.8 Å². The highest BCUT2D eigenvalue weighted by molar-refractivity contribution is 5.79. The van der Waals surface area contributed by atoms with Gasteiger partial charge in [-0.15, -0.1) is 10.2 Å². The van der Waals surface area contributed by atoms with Crippen LogP contribution in [0.3, 0.4) is 0 Å². The smallest absolute Gasteiger partial charge is 0.191 e. The van der Waals surface area contributed by atoms with Gasteiger partial charge in [-0.2, -0.15) is 0 Å². The molecule has 2 N–H and O–H groups in total. The molecule has 1 aromatic heterocycles. The van der Waals surface area contributed by atoms with Crippen molar-refractivity contribution in [3.05, 3.63) is 11.6 Å². The Bertz CT molecular complexity index is 433. The van der Waals surface area contributed by atoms with E-state index >= 15 is 0 Å². The Labute approximate surface area is 132 Å². The SMILES string of the molecule is CCOCCNC(=NCc1nnc(C)n1C)NCCCOC. The molecule has 0 bridgehead atoms. The van der Waals surface area contributed by atoms with E-state index in [0.717, 1.165) is 37.2 Å². The van der Waals surface area contributed by atoms with Gasteiger partial charge in [0.2, 0.25) is 0 Å². The van der Waals surface area contributed by atoms with Crippen LogP contribution < -0.4 is 10.6 Å². The molecule has 0 aliphatic carbocycles. The van der Waals surface area contributed by atoms with Crippen molar-refractivity contribution in [1.82, 2.24) is 25.4 Å². The fourth-order valence-corrected chi connectivity index (χ4v) is 1.72. The van der Waals surface area contributed by atoms with Gasteiger partial charge >= 0.3 is 0 Å². The first kappa shape index (κ1) is 18.4. The average Bonchev–Trinajstić information content (AvgIpc) is 2.84. The molecule has 0 aliphatic heterocycles. The summed E-state index contributed by atoms with van der Waals surface area (Å²) in [6.07, 6.45) is 0.922. The third kappa shape index (κ3) is 6.86. The van der Waals surface area contributed by atoms with E-state index < -0.39 is 0 Å². The third-order valence-electron chi connectivity index (χ3n) is 3.12. The minimum atomic E-state index is 0.478. The Kier molecular flexibility index (Phi) is 9.17. The lowest BCUT2D eigenvalue weighted by atomic mass is 10.4. The van der Waals surface area contributed by atoms with Crippen molar-refractivity contribution in [2.45, 2.75) is 26.8 Å². The predicted octanol–water partition coefficient (Wildman–Crippen LogP) is 0.232. The van der Waals surface area contributed by atoms with Gasteiger partial charge in [0.1, 0.15) is 12.4 Å². The van der Waals surface area contributed by atoms with Crippen LogP contribution in [0.15, 0.2) is 4.99 Å². The highest BCUT2D eigenvalue weighted by atomic mass is 16.5. The van der Waals surface area contributed by atoms with Crippen LogP contribution in [0.5, 0.6) is 0 Å². The normalized spacial score (nSPS) is 11.7. The van der Waals surface area contributed by atoms with E-state index in [1.807, 2.05) is 25.5 Å². The molecule has 0 aliphatic rings. The third-order valence-corrected chi connectivity index (χ3v) is 3.12. The lowest BCUT2D eigenvalue weighted by molar-refractivity contribution is 0.152. The van der Waals surface area contributed by atoms with Crippen molar-refractivity contribution in [3.63, 3.8) is 0 Å². The molecule has 0 saturated carbocycles. The first-order valence-electron chi connectivity index (χ1n) is 7.62. The monoisotopic (exact) mass is 312 g/mol. The van der Waals surface area contributed by atoms with Crippen molar-refractivity contribution < 1.29 is 9.47 Å². The van der Waals surface area contributed by atoms with Crippen LogP contribution in [0.2, 0.25) is 0 Å². The molecule has 0 saturated heterocycles. The van der Waals surface area contributed by atoms with E-state index in [4.69, 9.17) is 9.47 Å². The molecule has 0 unspecified atom stereocenters. The number of aliphatic imine (C=N–C) groups is 1. The molecule has 0 atom stereocenters. The number of aryl methyl sites for hydroxylation is 1.